The van der Waals surface area contributed by atoms with Gasteiger partial charge in [0.05, 0.1) is 20.3 Å². The summed E-state index contributed by atoms with van der Waals surface area (Å²) in [5.41, 5.74) is 0.979. The molecular formula is C27H33FN6O4. The molecule has 38 heavy (non-hydrogen) atoms. The van der Waals surface area contributed by atoms with Gasteiger partial charge in [0.2, 0.25) is 5.91 Å². The molecule has 2 fully saturated rings. The molecule has 0 saturated carbocycles. The molecule has 10 nitrogen and oxygen atoms in total. The van der Waals surface area contributed by atoms with Crippen molar-refractivity contribution in [2.45, 2.75) is 57.8 Å². The van der Waals surface area contributed by atoms with Gasteiger partial charge in [0.1, 0.15) is 6.54 Å². The lowest BCUT2D eigenvalue weighted by Gasteiger charge is -2.34. The van der Waals surface area contributed by atoms with E-state index >= 15 is 0 Å². The summed E-state index contributed by atoms with van der Waals surface area (Å²) in [7, 11) is 1.36. The van der Waals surface area contributed by atoms with Gasteiger partial charge >= 0.3 is 5.69 Å². The lowest BCUT2D eigenvalue weighted by molar-refractivity contribution is -0.122. The number of nitrogens with zero attached hydrogens (tertiary/aromatic N) is 5. The van der Waals surface area contributed by atoms with Crippen molar-refractivity contribution in [3.8, 4) is 23.0 Å². The van der Waals surface area contributed by atoms with Gasteiger partial charge in [0.15, 0.2) is 23.2 Å². The number of carbonyl (C=O) groups is 1. The topological polar surface area (TPSA) is 104 Å². The van der Waals surface area contributed by atoms with Crippen LogP contribution in [0.3, 0.4) is 0 Å². The van der Waals surface area contributed by atoms with Gasteiger partial charge in [-0.25, -0.2) is 14.2 Å². The van der Waals surface area contributed by atoms with Crippen LogP contribution in [0.15, 0.2) is 41.3 Å². The number of aromatic nitrogens is 4. The first-order chi connectivity index (χ1) is 18.3. The zero-order valence-electron chi connectivity index (χ0n) is 21.9. The second kappa shape index (κ2) is 11.0. The smallest absolute Gasteiger partial charge is 0.352 e. The molecule has 11 heteroatoms. The Bertz CT molecular complexity index is 1340. The van der Waals surface area contributed by atoms with E-state index in [0.717, 1.165) is 31.7 Å². The first kappa shape index (κ1) is 26.1. The largest absolute Gasteiger partial charge is 0.494 e. The summed E-state index contributed by atoms with van der Waals surface area (Å²) in [5, 5.41) is 7.28. The van der Waals surface area contributed by atoms with Crippen LogP contribution in [0.2, 0.25) is 0 Å². The molecule has 1 aromatic carbocycles. The number of nitrogens with one attached hydrogen (secondary N) is 1. The fourth-order valence-electron chi connectivity index (χ4n) is 5.24. The average Bonchev–Trinajstić information content (AvgIpc) is 3.32. The lowest BCUT2D eigenvalue weighted by Crippen LogP contribution is -2.46. The Labute approximate surface area is 220 Å². The van der Waals surface area contributed by atoms with Gasteiger partial charge < -0.3 is 14.8 Å². The van der Waals surface area contributed by atoms with Crippen molar-refractivity contribution in [3.63, 3.8) is 0 Å². The maximum absolute atomic E-state index is 14.1. The molecule has 4 heterocycles. The maximum Gasteiger partial charge on any atom is 0.352 e. The Balaban J connectivity index is 1.41. The first-order valence-electron chi connectivity index (χ1n) is 13.0. The average molecular weight is 525 g/mol. The van der Waals surface area contributed by atoms with E-state index in [0.29, 0.717) is 23.5 Å². The molecule has 1 amide bonds. The summed E-state index contributed by atoms with van der Waals surface area (Å²) < 4.78 is 27.3. The Morgan fingerprint density at radius 2 is 1.97 bits per heavy atom. The van der Waals surface area contributed by atoms with Crippen molar-refractivity contribution in [2.24, 2.45) is 0 Å². The highest BCUT2D eigenvalue weighted by Gasteiger charge is 2.36. The second-order valence-corrected chi connectivity index (χ2v) is 10.1. The molecule has 2 bridgehead atoms. The van der Waals surface area contributed by atoms with Gasteiger partial charge in [0, 0.05) is 36.4 Å². The van der Waals surface area contributed by atoms with Gasteiger partial charge in [0.25, 0.3) is 0 Å². The van der Waals surface area contributed by atoms with Crippen molar-refractivity contribution in [3.05, 3.63) is 58.4 Å². The Kier molecular flexibility index (Phi) is 7.57. The van der Waals surface area contributed by atoms with Gasteiger partial charge in [-0.3, -0.25) is 14.3 Å². The summed E-state index contributed by atoms with van der Waals surface area (Å²) >= 11 is 0. The van der Waals surface area contributed by atoms with Crippen LogP contribution in [0.1, 0.15) is 32.3 Å². The van der Waals surface area contributed by atoms with E-state index in [1.165, 1.54) is 47.4 Å². The lowest BCUT2D eigenvalue weighted by atomic mass is 10.1. The summed E-state index contributed by atoms with van der Waals surface area (Å²) in [4.78, 5) is 33.0. The van der Waals surface area contributed by atoms with Crippen LogP contribution in [0, 0.1) is 5.82 Å². The van der Waals surface area contributed by atoms with Crippen molar-refractivity contribution in [1.82, 2.24) is 29.5 Å². The van der Waals surface area contributed by atoms with Gasteiger partial charge in [-0.2, -0.15) is 4.68 Å². The Morgan fingerprint density at radius 1 is 1.21 bits per heavy atom. The zero-order valence-corrected chi connectivity index (χ0v) is 21.9. The molecule has 2 saturated heterocycles. The normalized spacial score (nSPS) is 19.2. The first-order valence-corrected chi connectivity index (χ1v) is 13.0. The van der Waals surface area contributed by atoms with Gasteiger partial charge in [-0.05, 0) is 62.9 Å². The predicted octanol–water partition coefficient (Wildman–Crippen LogP) is 2.17. The van der Waals surface area contributed by atoms with Crippen molar-refractivity contribution < 1.29 is 18.7 Å². The number of pyridine rings is 1. The third-order valence-electron chi connectivity index (χ3n) is 7.10. The minimum Gasteiger partial charge on any atom is -0.494 e. The van der Waals surface area contributed by atoms with Crippen molar-refractivity contribution >= 4 is 5.91 Å². The highest BCUT2D eigenvalue weighted by molar-refractivity contribution is 5.76. The molecule has 0 aliphatic carbocycles. The van der Waals surface area contributed by atoms with E-state index in [1.807, 2.05) is 19.9 Å². The van der Waals surface area contributed by atoms with E-state index in [2.05, 4.69) is 20.3 Å². The summed E-state index contributed by atoms with van der Waals surface area (Å²) in [6.07, 6.45) is 4.98. The summed E-state index contributed by atoms with van der Waals surface area (Å²) in [5.74, 6) is -0.315. The van der Waals surface area contributed by atoms with Crippen LogP contribution in [0.5, 0.6) is 5.75 Å². The summed E-state index contributed by atoms with van der Waals surface area (Å²) in [6.45, 7) is 5.98. The van der Waals surface area contributed by atoms with Crippen LogP contribution >= 0.6 is 0 Å². The third-order valence-corrected chi connectivity index (χ3v) is 7.10. The fraction of sp³-hybridized carbons (Fsp3) is 0.481. The van der Waals surface area contributed by atoms with E-state index in [1.54, 1.807) is 12.3 Å². The number of ether oxygens (including phenoxy) is 2. The predicted molar refractivity (Wildman–Crippen MR) is 139 cm³/mol. The monoisotopic (exact) mass is 524 g/mol. The standard InChI is InChI=1S/C27H33FN6O4/c1-17(2)30-25(35)14-33-26(19-5-8-22(28)23(12-19)37-3)31-34(27(33)36)24-9-4-18(13-29-24)10-11-32-20-6-7-21(32)16-38-15-20/h4-5,8-9,12-13,17,20-21H,6-7,10-11,14-16H2,1-3H3,(H,30,35). The van der Waals surface area contributed by atoms with Crippen LogP contribution in [0.25, 0.3) is 17.2 Å². The van der Waals surface area contributed by atoms with Crippen molar-refractivity contribution in [1.29, 1.82) is 0 Å². The third kappa shape index (κ3) is 5.34. The van der Waals surface area contributed by atoms with Crippen molar-refractivity contribution in [2.75, 3.05) is 26.9 Å². The molecule has 5 rings (SSSR count). The minimum absolute atomic E-state index is 0.0128. The van der Waals surface area contributed by atoms with E-state index in [9.17, 15) is 14.0 Å². The Morgan fingerprint density at radius 3 is 2.63 bits per heavy atom. The number of hydrogen-bond acceptors (Lipinski definition) is 7. The number of morpholine rings is 1. The molecule has 2 unspecified atom stereocenters. The molecule has 0 radical (unpaired) electrons. The highest BCUT2D eigenvalue weighted by atomic mass is 19.1. The molecule has 0 spiro atoms. The number of benzene rings is 1. The minimum atomic E-state index is -0.538. The summed E-state index contributed by atoms with van der Waals surface area (Å²) in [6, 6.07) is 8.80. The van der Waals surface area contributed by atoms with Crippen LogP contribution in [-0.2, 0) is 22.5 Å². The molecule has 2 aromatic heterocycles. The SMILES string of the molecule is COc1cc(-c2nn(-c3ccc(CCN4C5CCC4COC5)cn3)c(=O)n2CC(=O)NC(C)C)ccc1F. The number of methoxy groups -OCH3 is 1. The van der Waals surface area contributed by atoms with Gasteiger partial charge in [-0.15, -0.1) is 5.10 Å². The van der Waals surface area contributed by atoms with E-state index in [-0.39, 0.29) is 30.1 Å². The number of halogens is 1. The molecule has 2 atom stereocenters. The molecule has 202 valence electrons. The molecule has 3 aromatic rings. The number of amides is 1. The number of rotatable bonds is 9. The van der Waals surface area contributed by atoms with Crippen LogP contribution in [0.4, 0.5) is 4.39 Å². The Hall–Kier alpha value is -3.57. The van der Waals surface area contributed by atoms with Crippen LogP contribution < -0.4 is 15.7 Å². The second-order valence-electron chi connectivity index (χ2n) is 10.1. The highest BCUT2D eigenvalue weighted by Crippen LogP contribution is 2.29. The molecule has 2 aliphatic rings. The quantitative estimate of drug-likeness (QED) is 0.458. The van der Waals surface area contributed by atoms with E-state index in [4.69, 9.17) is 9.47 Å². The molecule has 1 N–H and O–H groups in total. The number of fused-ring (bicyclic) bond motifs is 2. The van der Waals surface area contributed by atoms with Crippen LogP contribution in [-0.4, -0.2) is 75.1 Å². The maximum atomic E-state index is 14.1. The zero-order chi connectivity index (χ0) is 26.8. The molecule has 2 aliphatic heterocycles. The van der Waals surface area contributed by atoms with E-state index < -0.39 is 11.5 Å². The number of hydrogen-bond donors (Lipinski definition) is 1. The van der Waals surface area contributed by atoms with Gasteiger partial charge in [-0.1, -0.05) is 6.07 Å². The fourth-order valence-corrected chi connectivity index (χ4v) is 5.24. The number of carbonyl (C=O) groups excluding carboxylic acids is 1. The molecular weight excluding hydrogens is 491 g/mol.